The van der Waals surface area contributed by atoms with E-state index >= 15 is 0 Å². The van der Waals surface area contributed by atoms with Crippen LogP contribution in [0.1, 0.15) is 51.8 Å². The number of rotatable bonds is 6. The quantitative estimate of drug-likeness (QED) is 0.776. The minimum atomic E-state index is -0.362. The average molecular weight is 359 g/mol. The van der Waals surface area contributed by atoms with Gasteiger partial charge in [0.2, 0.25) is 0 Å². The van der Waals surface area contributed by atoms with E-state index in [4.69, 9.17) is 9.47 Å². The number of para-hydroxylation sites is 1. The van der Waals surface area contributed by atoms with Gasteiger partial charge in [-0.05, 0) is 56.9 Å². The highest BCUT2D eigenvalue weighted by Crippen LogP contribution is 2.30. The van der Waals surface area contributed by atoms with Crippen molar-refractivity contribution in [2.45, 2.75) is 39.2 Å². The summed E-state index contributed by atoms with van der Waals surface area (Å²) in [5.41, 5.74) is 1.29. The van der Waals surface area contributed by atoms with Crippen molar-refractivity contribution in [1.29, 1.82) is 0 Å². The fraction of sp³-hybridized carbons (Fsp3) is 0.368. The van der Waals surface area contributed by atoms with Crippen LogP contribution in [0.5, 0.6) is 5.75 Å². The number of aryl methyl sites for hydroxylation is 1. The number of benzene rings is 1. The third-order valence-electron chi connectivity index (χ3n) is 4.09. The van der Waals surface area contributed by atoms with Gasteiger partial charge < -0.3 is 14.8 Å². The summed E-state index contributed by atoms with van der Waals surface area (Å²) in [6.07, 6.45) is 3.43. The van der Waals surface area contributed by atoms with Crippen LogP contribution in [0.3, 0.4) is 0 Å². The summed E-state index contributed by atoms with van der Waals surface area (Å²) in [6, 6.07) is 9.02. The summed E-state index contributed by atoms with van der Waals surface area (Å²) in [6.45, 7) is 3.92. The number of hydrogen-bond acceptors (Lipinski definition) is 5. The van der Waals surface area contributed by atoms with E-state index in [2.05, 4.69) is 5.32 Å². The second-order valence-electron chi connectivity index (χ2n) is 5.96. The summed E-state index contributed by atoms with van der Waals surface area (Å²) in [4.78, 5) is 25.1. The van der Waals surface area contributed by atoms with Gasteiger partial charge >= 0.3 is 5.97 Å². The van der Waals surface area contributed by atoms with Gasteiger partial charge in [-0.1, -0.05) is 12.1 Å². The Morgan fingerprint density at radius 2 is 2.04 bits per heavy atom. The normalized spacial score (nSPS) is 13.8. The van der Waals surface area contributed by atoms with Gasteiger partial charge in [-0.2, -0.15) is 0 Å². The molecule has 0 radical (unpaired) electrons. The number of ether oxygens (including phenoxy) is 2. The van der Waals surface area contributed by atoms with E-state index in [1.54, 1.807) is 19.1 Å². The lowest BCUT2D eigenvalue weighted by atomic mass is 9.96. The molecule has 1 heterocycles. The number of amides is 1. The van der Waals surface area contributed by atoms with E-state index in [1.165, 1.54) is 17.8 Å². The molecule has 1 aromatic heterocycles. The summed E-state index contributed by atoms with van der Waals surface area (Å²) < 4.78 is 10.9. The standard InChI is InChI=1S/C19H21NO4S/c1-3-23-19(22)17-12(2)11-16(25-17)20-18(21)14-9-4-5-10-15(14)24-13-7-6-8-13/h4-5,9-11,13H,3,6-8H2,1-2H3,(H,20,21). The van der Waals surface area contributed by atoms with Crippen molar-refractivity contribution < 1.29 is 19.1 Å². The smallest absolute Gasteiger partial charge is 0.348 e. The summed E-state index contributed by atoms with van der Waals surface area (Å²) in [5.74, 6) is -0.00519. The highest BCUT2D eigenvalue weighted by molar-refractivity contribution is 7.18. The molecule has 0 spiro atoms. The van der Waals surface area contributed by atoms with Gasteiger partial charge in [0.25, 0.3) is 5.91 Å². The van der Waals surface area contributed by atoms with Crippen LogP contribution in [0.4, 0.5) is 5.00 Å². The van der Waals surface area contributed by atoms with Crippen LogP contribution >= 0.6 is 11.3 Å². The fourth-order valence-corrected chi connectivity index (χ4v) is 3.51. The van der Waals surface area contributed by atoms with Crippen LogP contribution in [-0.4, -0.2) is 24.6 Å². The van der Waals surface area contributed by atoms with Crippen molar-refractivity contribution >= 4 is 28.2 Å². The zero-order valence-corrected chi connectivity index (χ0v) is 15.2. The van der Waals surface area contributed by atoms with Gasteiger partial charge in [0, 0.05) is 0 Å². The molecular formula is C19H21NO4S. The Kier molecular flexibility index (Phi) is 5.38. The second kappa shape index (κ2) is 7.70. The third-order valence-corrected chi connectivity index (χ3v) is 5.23. The zero-order valence-electron chi connectivity index (χ0n) is 14.3. The van der Waals surface area contributed by atoms with Crippen molar-refractivity contribution in [3.8, 4) is 5.75 Å². The van der Waals surface area contributed by atoms with Crippen LogP contribution in [0.15, 0.2) is 30.3 Å². The highest BCUT2D eigenvalue weighted by Gasteiger charge is 2.22. The predicted molar refractivity (Wildman–Crippen MR) is 97.7 cm³/mol. The Balaban J connectivity index is 1.74. The number of nitrogens with one attached hydrogen (secondary N) is 1. The summed E-state index contributed by atoms with van der Waals surface area (Å²) in [7, 11) is 0. The molecule has 0 atom stereocenters. The molecule has 6 heteroatoms. The van der Waals surface area contributed by atoms with Crippen molar-refractivity contribution in [3.05, 3.63) is 46.3 Å². The molecule has 0 unspecified atom stereocenters. The monoisotopic (exact) mass is 359 g/mol. The zero-order chi connectivity index (χ0) is 17.8. The molecule has 2 aromatic rings. The van der Waals surface area contributed by atoms with Crippen molar-refractivity contribution in [1.82, 2.24) is 0 Å². The molecule has 1 aliphatic rings. The third kappa shape index (κ3) is 4.02. The topological polar surface area (TPSA) is 64.6 Å². The first-order valence-electron chi connectivity index (χ1n) is 8.43. The molecule has 1 fully saturated rings. The summed E-state index contributed by atoms with van der Waals surface area (Å²) >= 11 is 1.22. The van der Waals surface area contributed by atoms with Gasteiger partial charge in [0.1, 0.15) is 10.6 Å². The van der Waals surface area contributed by atoms with Gasteiger partial charge in [0.05, 0.1) is 23.3 Å². The summed E-state index contributed by atoms with van der Waals surface area (Å²) in [5, 5.41) is 3.47. The molecule has 0 bridgehead atoms. The Morgan fingerprint density at radius 1 is 1.28 bits per heavy atom. The Morgan fingerprint density at radius 3 is 2.72 bits per heavy atom. The fourth-order valence-electron chi connectivity index (χ4n) is 2.55. The Hall–Kier alpha value is -2.34. The molecule has 132 valence electrons. The van der Waals surface area contributed by atoms with Crippen molar-refractivity contribution in [3.63, 3.8) is 0 Å². The number of carbonyl (C=O) groups is 2. The lowest BCUT2D eigenvalue weighted by molar-refractivity contribution is 0.0531. The molecule has 1 saturated carbocycles. The Labute approximate surface area is 151 Å². The van der Waals surface area contributed by atoms with Gasteiger partial charge in [-0.25, -0.2) is 4.79 Å². The molecule has 0 saturated heterocycles. The van der Waals surface area contributed by atoms with Crippen LogP contribution in [0.25, 0.3) is 0 Å². The number of hydrogen-bond donors (Lipinski definition) is 1. The SMILES string of the molecule is CCOC(=O)c1sc(NC(=O)c2ccccc2OC2CCC2)cc1C. The molecule has 3 rings (SSSR count). The number of esters is 1. The van der Waals surface area contributed by atoms with Gasteiger partial charge in [-0.3, -0.25) is 4.79 Å². The van der Waals surface area contributed by atoms with Crippen LogP contribution in [0, 0.1) is 6.92 Å². The lowest BCUT2D eigenvalue weighted by Gasteiger charge is -2.27. The molecular weight excluding hydrogens is 338 g/mol. The molecule has 0 aliphatic heterocycles. The largest absolute Gasteiger partial charge is 0.490 e. The molecule has 1 aliphatic carbocycles. The van der Waals surface area contributed by atoms with Gasteiger partial charge in [0.15, 0.2) is 0 Å². The van der Waals surface area contributed by atoms with Crippen molar-refractivity contribution in [2.24, 2.45) is 0 Å². The van der Waals surface area contributed by atoms with Crippen LogP contribution in [0.2, 0.25) is 0 Å². The average Bonchev–Trinajstić information content (AvgIpc) is 2.92. The maximum atomic E-state index is 12.6. The van der Waals surface area contributed by atoms with E-state index in [0.29, 0.717) is 27.8 Å². The maximum Gasteiger partial charge on any atom is 0.348 e. The molecule has 1 aromatic carbocycles. The van der Waals surface area contributed by atoms with E-state index < -0.39 is 0 Å². The minimum absolute atomic E-state index is 0.202. The maximum absolute atomic E-state index is 12.6. The number of thiophene rings is 1. The van der Waals surface area contributed by atoms with E-state index in [-0.39, 0.29) is 18.0 Å². The number of anilines is 1. The molecule has 1 amide bonds. The first-order chi connectivity index (χ1) is 12.1. The molecule has 5 nitrogen and oxygen atoms in total. The lowest BCUT2D eigenvalue weighted by Crippen LogP contribution is -2.26. The highest BCUT2D eigenvalue weighted by atomic mass is 32.1. The number of carbonyl (C=O) groups excluding carboxylic acids is 2. The first-order valence-corrected chi connectivity index (χ1v) is 9.24. The first kappa shape index (κ1) is 17.5. The Bertz CT molecular complexity index is 779. The van der Waals surface area contributed by atoms with E-state index in [0.717, 1.165) is 18.4 Å². The van der Waals surface area contributed by atoms with Crippen molar-refractivity contribution in [2.75, 3.05) is 11.9 Å². The van der Waals surface area contributed by atoms with Crippen LogP contribution < -0.4 is 10.1 Å². The molecule has 25 heavy (non-hydrogen) atoms. The molecule has 1 N–H and O–H groups in total. The van der Waals surface area contributed by atoms with E-state index in [9.17, 15) is 9.59 Å². The second-order valence-corrected chi connectivity index (χ2v) is 7.02. The predicted octanol–water partition coefficient (Wildman–Crippen LogP) is 4.42. The van der Waals surface area contributed by atoms with Crippen LogP contribution in [-0.2, 0) is 4.74 Å². The minimum Gasteiger partial charge on any atom is -0.490 e. The van der Waals surface area contributed by atoms with Gasteiger partial charge in [-0.15, -0.1) is 11.3 Å². The van der Waals surface area contributed by atoms with E-state index in [1.807, 2.05) is 25.1 Å².